The molecule has 0 heterocycles. The molecule has 2 aromatic carbocycles. The van der Waals surface area contributed by atoms with Gasteiger partial charge < -0.3 is 0 Å². The predicted octanol–water partition coefficient (Wildman–Crippen LogP) is 4.52. The summed E-state index contributed by atoms with van der Waals surface area (Å²) in [7, 11) is 0. The average Bonchev–Trinajstić information content (AvgIpc) is 2.46. The molecule has 6 heteroatoms. The minimum absolute atomic E-state index is 0.343. The monoisotopic (exact) mass is 318 g/mol. The zero-order valence-electron chi connectivity index (χ0n) is 10.6. The Morgan fingerprint density at radius 3 is 1.62 bits per heavy atom. The van der Waals surface area contributed by atoms with Crippen LogP contribution in [0.1, 0.15) is 11.1 Å². The molecule has 21 heavy (non-hydrogen) atoms. The maximum absolute atomic E-state index is 10.5. The number of isocyanates is 2. The van der Waals surface area contributed by atoms with Crippen molar-refractivity contribution in [3.63, 3.8) is 0 Å². The zero-order chi connectivity index (χ0) is 15.2. The number of benzene rings is 2. The summed E-state index contributed by atoms with van der Waals surface area (Å²) in [6, 6.07) is 10.3. The van der Waals surface area contributed by atoms with Crippen LogP contribution in [0.4, 0.5) is 11.4 Å². The van der Waals surface area contributed by atoms with Crippen molar-refractivity contribution in [3.05, 3.63) is 57.6 Å². The molecule has 0 radical (unpaired) electrons. The van der Waals surface area contributed by atoms with Gasteiger partial charge in [0.05, 0.1) is 21.4 Å². The molecular weight excluding hydrogens is 311 g/mol. The van der Waals surface area contributed by atoms with Gasteiger partial charge in [-0.05, 0) is 23.3 Å². The largest absolute Gasteiger partial charge is 0.240 e. The summed E-state index contributed by atoms with van der Waals surface area (Å²) >= 11 is 12.0. The lowest BCUT2D eigenvalue weighted by molar-refractivity contribution is 0.564. The van der Waals surface area contributed by atoms with Gasteiger partial charge in [-0.3, -0.25) is 0 Å². The molecule has 0 unspecified atom stereocenters. The molecule has 2 aromatic rings. The van der Waals surface area contributed by atoms with Crippen molar-refractivity contribution >= 4 is 46.7 Å². The molecule has 104 valence electrons. The van der Waals surface area contributed by atoms with Crippen LogP contribution in [0.3, 0.4) is 0 Å². The van der Waals surface area contributed by atoms with Gasteiger partial charge in [-0.25, -0.2) is 9.59 Å². The molecule has 0 spiro atoms. The molecule has 0 aliphatic heterocycles. The van der Waals surface area contributed by atoms with E-state index in [9.17, 15) is 9.59 Å². The van der Waals surface area contributed by atoms with E-state index in [0.717, 1.165) is 0 Å². The average molecular weight is 319 g/mol. The number of nitrogens with zero attached hydrogens (tertiary/aromatic N) is 2. The fourth-order valence-electron chi connectivity index (χ4n) is 1.95. The van der Waals surface area contributed by atoms with Gasteiger partial charge in [-0.15, -0.1) is 0 Å². The van der Waals surface area contributed by atoms with E-state index in [-0.39, 0.29) is 0 Å². The third-order valence-corrected chi connectivity index (χ3v) is 3.45. The van der Waals surface area contributed by atoms with Crippen molar-refractivity contribution in [1.29, 1.82) is 0 Å². The van der Waals surface area contributed by atoms with Gasteiger partial charge in [0.2, 0.25) is 12.2 Å². The van der Waals surface area contributed by atoms with E-state index in [0.29, 0.717) is 39.0 Å². The SMILES string of the molecule is O=C=Nc1c(Cl)cccc1Cc1cccc(Cl)c1N=C=O. The highest BCUT2D eigenvalue weighted by molar-refractivity contribution is 6.33. The van der Waals surface area contributed by atoms with Crippen LogP contribution in [0.2, 0.25) is 10.0 Å². The van der Waals surface area contributed by atoms with Gasteiger partial charge in [0.1, 0.15) is 0 Å². The summed E-state index contributed by atoms with van der Waals surface area (Å²) in [5.41, 5.74) is 2.09. The van der Waals surface area contributed by atoms with Crippen LogP contribution in [-0.4, -0.2) is 12.2 Å². The highest BCUT2D eigenvalue weighted by Gasteiger charge is 2.11. The number of rotatable bonds is 4. The Kier molecular flexibility index (Phi) is 5.04. The van der Waals surface area contributed by atoms with Crippen LogP contribution in [0.25, 0.3) is 0 Å². The van der Waals surface area contributed by atoms with Crippen LogP contribution >= 0.6 is 23.2 Å². The van der Waals surface area contributed by atoms with Gasteiger partial charge in [-0.1, -0.05) is 47.5 Å². The third kappa shape index (κ3) is 3.46. The van der Waals surface area contributed by atoms with E-state index in [1.165, 1.54) is 12.2 Å². The molecule has 0 saturated carbocycles. The maximum Gasteiger partial charge on any atom is 0.240 e. The van der Waals surface area contributed by atoms with Crippen LogP contribution in [0.15, 0.2) is 46.4 Å². The first-order valence-corrected chi connectivity index (χ1v) is 6.63. The van der Waals surface area contributed by atoms with E-state index in [1.54, 1.807) is 36.4 Å². The Hall–Kier alpha value is -2.22. The molecule has 0 amide bonds. The predicted molar refractivity (Wildman–Crippen MR) is 81.3 cm³/mol. The molecule has 4 nitrogen and oxygen atoms in total. The molecular formula is C15H8Cl2N2O2. The lowest BCUT2D eigenvalue weighted by Crippen LogP contribution is -1.91. The van der Waals surface area contributed by atoms with E-state index < -0.39 is 0 Å². The Labute approximate surface area is 130 Å². The number of aliphatic imine (C=N–C) groups is 2. The van der Waals surface area contributed by atoms with Gasteiger partial charge in [0, 0.05) is 6.42 Å². The first-order chi connectivity index (χ1) is 10.2. The fourth-order valence-corrected chi connectivity index (χ4v) is 2.42. The molecule has 0 aromatic heterocycles. The first-order valence-electron chi connectivity index (χ1n) is 5.88. The van der Waals surface area contributed by atoms with Crippen molar-refractivity contribution in [3.8, 4) is 0 Å². The zero-order valence-corrected chi connectivity index (χ0v) is 12.1. The Morgan fingerprint density at radius 1 is 0.810 bits per heavy atom. The van der Waals surface area contributed by atoms with E-state index >= 15 is 0 Å². The smallest absolute Gasteiger partial charge is 0.211 e. The lowest BCUT2D eigenvalue weighted by atomic mass is 10.0. The van der Waals surface area contributed by atoms with Crippen LogP contribution in [0.5, 0.6) is 0 Å². The maximum atomic E-state index is 10.5. The molecule has 0 aliphatic rings. The van der Waals surface area contributed by atoms with Crippen LogP contribution in [-0.2, 0) is 16.0 Å². The fraction of sp³-hybridized carbons (Fsp3) is 0.0667. The normalized spacial score (nSPS) is 9.62. The van der Waals surface area contributed by atoms with Crippen molar-refractivity contribution < 1.29 is 9.59 Å². The van der Waals surface area contributed by atoms with E-state index in [4.69, 9.17) is 23.2 Å². The van der Waals surface area contributed by atoms with Gasteiger partial charge in [-0.2, -0.15) is 9.98 Å². The highest BCUT2D eigenvalue weighted by Crippen LogP contribution is 2.34. The number of para-hydroxylation sites is 2. The molecule has 2 rings (SSSR count). The lowest BCUT2D eigenvalue weighted by Gasteiger charge is -2.09. The van der Waals surface area contributed by atoms with Crippen LogP contribution in [0, 0.1) is 0 Å². The summed E-state index contributed by atoms with van der Waals surface area (Å²) in [5.74, 6) is 0. The van der Waals surface area contributed by atoms with Gasteiger partial charge in [0.25, 0.3) is 0 Å². The molecule has 0 bridgehead atoms. The molecule has 0 atom stereocenters. The summed E-state index contributed by atoms with van der Waals surface area (Å²) < 4.78 is 0. The van der Waals surface area contributed by atoms with Gasteiger partial charge in [0.15, 0.2) is 0 Å². The quantitative estimate of drug-likeness (QED) is 0.614. The standard InChI is InChI=1S/C15H8Cl2N2O2/c16-12-5-1-3-10(14(12)18-8-20)7-11-4-2-6-13(17)15(11)19-9-21/h1-6H,7H2. The minimum Gasteiger partial charge on any atom is -0.211 e. The Balaban J connectivity index is 2.53. The number of carbonyl (C=O) groups excluding carboxylic acids is 2. The Morgan fingerprint density at radius 2 is 1.24 bits per heavy atom. The number of hydrogen-bond acceptors (Lipinski definition) is 4. The molecule has 0 saturated heterocycles. The third-order valence-electron chi connectivity index (χ3n) is 2.84. The van der Waals surface area contributed by atoms with E-state index in [1.807, 2.05) is 0 Å². The second-order valence-corrected chi connectivity index (χ2v) is 4.89. The highest BCUT2D eigenvalue weighted by atomic mass is 35.5. The minimum atomic E-state index is 0.343. The molecule has 0 N–H and O–H groups in total. The first kappa shape index (κ1) is 15.2. The second kappa shape index (κ2) is 6.98. The number of halogens is 2. The summed E-state index contributed by atoms with van der Waals surface area (Å²) in [4.78, 5) is 28.3. The second-order valence-electron chi connectivity index (χ2n) is 4.08. The number of hydrogen-bond donors (Lipinski definition) is 0. The van der Waals surface area contributed by atoms with Crippen molar-refractivity contribution in [2.75, 3.05) is 0 Å². The molecule has 0 aliphatic carbocycles. The van der Waals surface area contributed by atoms with Crippen molar-refractivity contribution in [1.82, 2.24) is 0 Å². The summed E-state index contributed by atoms with van der Waals surface area (Å²) in [5, 5.41) is 0.691. The van der Waals surface area contributed by atoms with Crippen molar-refractivity contribution in [2.24, 2.45) is 9.98 Å². The summed E-state index contributed by atoms with van der Waals surface area (Å²) in [6.07, 6.45) is 3.32. The Bertz CT molecular complexity index is 712. The summed E-state index contributed by atoms with van der Waals surface area (Å²) in [6.45, 7) is 0. The van der Waals surface area contributed by atoms with E-state index in [2.05, 4.69) is 9.98 Å². The molecule has 0 fully saturated rings. The van der Waals surface area contributed by atoms with Crippen LogP contribution < -0.4 is 0 Å². The van der Waals surface area contributed by atoms with Crippen molar-refractivity contribution in [2.45, 2.75) is 6.42 Å². The topological polar surface area (TPSA) is 58.9 Å². The van der Waals surface area contributed by atoms with Gasteiger partial charge >= 0.3 is 0 Å².